The Kier molecular flexibility index (Phi) is 5.99. The minimum Gasteiger partial charge on any atom is -0.394 e. The Labute approximate surface area is 131 Å². The molecule has 1 unspecified atom stereocenters. The molecule has 0 saturated heterocycles. The van der Waals surface area contributed by atoms with E-state index in [-0.39, 0.29) is 38.4 Å². The molecule has 12 heteroatoms. The average molecular weight is 347 g/mol. The number of aliphatic hydroxyl groups is 1. The fraction of sp³-hybridized carbons (Fsp3) is 0.545. The molecule has 2 heterocycles. The van der Waals surface area contributed by atoms with E-state index >= 15 is 0 Å². The molecule has 0 radical (unpaired) electrons. The number of imidazole rings is 1. The van der Waals surface area contributed by atoms with Crippen molar-refractivity contribution in [2.75, 3.05) is 38.3 Å². The van der Waals surface area contributed by atoms with Gasteiger partial charge in [-0.15, -0.1) is 0 Å². The molecule has 2 aromatic rings. The third kappa shape index (κ3) is 4.93. The number of anilines is 1. The molecule has 128 valence electrons. The van der Waals surface area contributed by atoms with Crippen molar-refractivity contribution >= 4 is 24.6 Å². The van der Waals surface area contributed by atoms with E-state index in [0.717, 1.165) is 0 Å². The molecule has 0 spiro atoms. The quantitative estimate of drug-likeness (QED) is 0.330. The van der Waals surface area contributed by atoms with Crippen molar-refractivity contribution in [3.63, 3.8) is 0 Å². The zero-order chi connectivity index (χ0) is 16.9. The molecule has 0 aliphatic heterocycles. The molecule has 0 aliphatic carbocycles. The summed E-state index contributed by atoms with van der Waals surface area (Å²) in [5, 5.41) is 8.91. The second-order valence-corrected chi connectivity index (χ2v) is 6.37. The second kappa shape index (κ2) is 7.77. The predicted molar refractivity (Wildman–Crippen MR) is 79.5 cm³/mol. The van der Waals surface area contributed by atoms with Gasteiger partial charge in [-0.25, -0.2) is 15.0 Å². The van der Waals surface area contributed by atoms with Crippen LogP contribution in [0.1, 0.15) is 6.23 Å². The van der Waals surface area contributed by atoms with Gasteiger partial charge in [-0.1, -0.05) is 0 Å². The van der Waals surface area contributed by atoms with Crippen molar-refractivity contribution < 1.29 is 28.9 Å². The molecular formula is C11H18N5O6P. The van der Waals surface area contributed by atoms with E-state index < -0.39 is 13.8 Å². The summed E-state index contributed by atoms with van der Waals surface area (Å²) in [4.78, 5) is 29.6. The van der Waals surface area contributed by atoms with Crippen LogP contribution in [-0.2, 0) is 14.0 Å². The molecule has 23 heavy (non-hydrogen) atoms. The summed E-state index contributed by atoms with van der Waals surface area (Å²) in [6, 6.07) is 0. The molecule has 0 aromatic carbocycles. The van der Waals surface area contributed by atoms with Crippen LogP contribution in [0.5, 0.6) is 0 Å². The lowest BCUT2D eigenvalue weighted by Crippen LogP contribution is -2.21. The summed E-state index contributed by atoms with van der Waals surface area (Å²) >= 11 is 0. The van der Waals surface area contributed by atoms with Crippen molar-refractivity contribution in [3.8, 4) is 0 Å². The molecule has 1 atom stereocenters. The summed E-state index contributed by atoms with van der Waals surface area (Å²) in [5.74, 6) is 0.220. The first-order chi connectivity index (χ1) is 10.9. The van der Waals surface area contributed by atoms with Crippen molar-refractivity contribution in [2.24, 2.45) is 0 Å². The van der Waals surface area contributed by atoms with Crippen LogP contribution in [0.25, 0.3) is 11.2 Å². The first-order valence-corrected chi connectivity index (χ1v) is 8.50. The van der Waals surface area contributed by atoms with Gasteiger partial charge in [0.1, 0.15) is 11.8 Å². The maximum atomic E-state index is 10.8. The highest BCUT2D eigenvalue weighted by Gasteiger charge is 2.18. The first-order valence-electron chi connectivity index (χ1n) is 6.70. The summed E-state index contributed by atoms with van der Waals surface area (Å²) in [5.41, 5.74) is 6.55. The van der Waals surface area contributed by atoms with Gasteiger partial charge in [0.2, 0.25) is 0 Å². The summed E-state index contributed by atoms with van der Waals surface area (Å²) in [7, 11) is -4.11. The topological polar surface area (TPSA) is 166 Å². The molecule has 2 rings (SSSR count). The third-order valence-corrected chi connectivity index (χ3v) is 3.65. The van der Waals surface area contributed by atoms with E-state index in [2.05, 4.69) is 15.0 Å². The van der Waals surface area contributed by atoms with Gasteiger partial charge >= 0.3 is 7.60 Å². The second-order valence-electron chi connectivity index (χ2n) is 4.60. The van der Waals surface area contributed by atoms with Crippen LogP contribution >= 0.6 is 7.60 Å². The average Bonchev–Trinajstić information content (AvgIpc) is 2.91. The fourth-order valence-electron chi connectivity index (χ4n) is 1.85. The number of ether oxygens (including phenoxy) is 2. The Morgan fingerprint density at radius 1 is 1.30 bits per heavy atom. The lowest BCUT2D eigenvalue weighted by molar-refractivity contribution is -0.0628. The Balaban J connectivity index is 2.10. The molecule has 11 nitrogen and oxygen atoms in total. The largest absolute Gasteiger partial charge is 0.394 e. The van der Waals surface area contributed by atoms with Crippen LogP contribution in [0, 0.1) is 0 Å². The molecule has 2 aromatic heterocycles. The van der Waals surface area contributed by atoms with Crippen LogP contribution < -0.4 is 5.73 Å². The van der Waals surface area contributed by atoms with Crippen molar-refractivity contribution in [2.45, 2.75) is 6.23 Å². The maximum Gasteiger partial charge on any atom is 0.327 e. The maximum absolute atomic E-state index is 10.8. The number of fused-ring (bicyclic) bond motifs is 1. The van der Waals surface area contributed by atoms with Gasteiger partial charge in [0.05, 0.1) is 38.9 Å². The van der Waals surface area contributed by atoms with Gasteiger partial charge in [0.25, 0.3) is 0 Å². The van der Waals surface area contributed by atoms with E-state index in [1.54, 1.807) is 4.57 Å². The van der Waals surface area contributed by atoms with E-state index in [1.165, 1.54) is 12.7 Å². The van der Waals surface area contributed by atoms with Crippen LogP contribution in [0.4, 0.5) is 5.82 Å². The first kappa shape index (κ1) is 17.7. The minimum atomic E-state index is -4.11. The van der Waals surface area contributed by atoms with Gasteiger partial charge < -0.3 is 30.1 Å². The third-order valence-electron chi connectivity index (χ3n) is 2.89. The predicted octanol–water partition coefficient (Wildman–Crippen LogP) is -0.890. The van der Waals surface area contributed by atoms with Crippen molar-refractivity contribution in [1.29, 1.82) is 0 Å². The summed E-state index contributed by atoms with van der Waals surface area (Å²) < 4.78 is 23.1. The number of nitrogen functional groups attached to an aromatic ring is 1. The highest BCUT2D eigenvalue weighted by Crippen LogP contribution is 2.33. The molecule has 0 saturated carbocycles. The zero-order valence-electron chi connectivity index (χ0n) is 12.1. The number of nitrogens with zero attached hydrogens (tertiary/aromatic N) is 4. The van der Waals surface area contributed by atoms with E-state index in [9.17, 15) is 4.57 Å². The number of aliphatic hydroxyl groups excluding tert-OH is 1. The van der Waals surface area contributed by atoms with Gasteiger partial charge in [-0.05, 0) is 0 Å². The number of nitrogens with two attached hydrogens (primary N) is 1. The van der Waals surface area contributed by atoms with Gasteiger partial charge in [0, 0.05) is 0 Å². The number of hydrogen-bond donors (Lipinski definition) is 4. The Morgan fingerprint density at radius 2 is 2.09 bits per heavy atom. The molecule has 0 fully saturated rings. The molecule has 0 bridgehead atoms. The number of aromatic nitrogens is 4. The lowest BCUT2D eigenvalue weighted by Gasteiger charge is -2.19. The summed E-state index contributed by atoms with van der Waals surface area (Å²) in [6.07, 6.45) is 1.66. The highest BCUT2D eigenvalue weighted by atomic mass is 31.2. The fourth-order valence-corrected chi connectivity index (χ4v) is 2.21. The molecule has 0 amide bonds. The smallest absolute Gasteiger partial charge is 0.327 e. The van der Waals surface area contributed by atoms with Crippen molar-refractivity contribution in [1.82, 2.24) is 19.5 Å². The van der Waals surface area contributed by atoms with Crippen LogP contribution in [0.2, 0.25) is 0 Å². The van der Waals surface area contributed by atoms with Crippen LogP contribution in [-0.4, -0.2) is 67.0 Å². The molecular weight excluding hydrogens is 329 g/mol. The van der Waals surface area contributed by atoms with Crippen LogP contribution in [0.3, 0.4) is 0 Å². The summed E-state index contributed by atoms with van der Waals surface area (Å²) in [6.45, 7) is -0.280. The normalized spacial score (nSPS) is 13.5. The van der Waals surface area contributed by atoms with Crippen molar-refractivity contribution in [3.05, 3.63) is 12.7 Å². The van der Waals surface area contributed by atoms with E-state index in [1.807, 2.05) is 0 Å². The van der Waals surface area contributed by atoms with E-state index in [0.29, 0.717) is 11.2 Å². The van der Waals surface area contributed by atoms with Gasteiger partial charge in [0.15, 0.2) is 17.7 Å². The Morgan fingerprint density at radius 3 is 2.78 bits per heavy atom. The Hall–Kier alpha value is -1.62. The van der Waals surface area contributed by atoms with Gasteiger partial charge in [-0.3, -0.25) is 9.13 Å². The molecule has 0 aliphatic rings. The SMILES string of the molecule is Nc1ncnc2c1ncn2C(COCCP(=O)(O)O)OCCO. The Bertz CT molecular complexity index is 689. The van der Waals surface area contributed by atoms with E-state index in [4.69, 9.17) is 30.1 Å². The lowest BCUT2D eigenvalue weighted by atomic mass is 10.5. The monoisotopic (exact) mass is 347 g/mol. The standard InChI is InChI=1S/C11H18N5O6P/c12-10-9-11(14-6-13-10)16(7-15-9)8(22-2-1-17)5-21-3-4-23(18,19)20/h6-8,17H,1-5H2,(H2,12,13,14)(H2,18,19,20). The number of hydrogen-bond acceptors (Lipinski definition) is 8. The van der Waals surface area contributed by atoms with Gasteiger partial charge in [-0.2, -0.15) is 0 Å². The van der Waals surface area contributed by atoms with Crippen LogP contribution in [0.15, 0.2) is 12.7 Å². The highest BCUT2D eigenvalue weighted by molar-refractivity contribution is 7.51. The molecule has 5 N–H and O–H groups in total. The zero-order valence-corrected chi connectivity index (χ0v) is 13.0. The number of rotatable bonds is 9. The minimum absolute atomic E-state index is 0.00460.